The summed E-state index contributed by atoms with van der Waals surface area (Å²) in [5.41, 5.74) is 9.32. The van der Waals surface area contributed by atoms with E-state index in [0.29, 0.717) is 52.4 Å². The van der Waals surface area contributed by atoms with Crippen LogP contribution in [0.2, 0.25) is 6.04 Å². The van der Waals surface area contributed by atoms with Crippen LogP contribution >= 0.6 is 0 Å². The molecule has 6 aliphatic heterocycles. The molecule has 6 atom stereocenters. The molecule has 0 N–H and O–H groups in total. The average Bonchev–Trinajstić information content (AvgIpc) is 4.20. The van der Waals surface area contributed by atoms with Crippen LogP contribution in [0.1, 0.15) is 99.4 Å². The van der Waals surface area contributed by atoms with Crippen LogP contribution in [0.3, 0.4) is 0 Å². The van der Waals surface area contributed by atoms with Crippen molar-refractivity contribution >= 4 is 8.80 Å². The fourth-order valence-corrected chi connectivity index (χ4v) is 12.0. The number of allylic oxidation sites excluding steroid dienone is 1. The van der Waals surface area contributed by atoms with Crippen molar-refractivity contribution in [3.05, 3.63) is 130 Å². The van der Waals surface area contributed by atoms with E-state index in [9.17, 15) is 0 Å². The van der Waals surface area contributed by atoms with E-state index in [1.54, 1.807) is 0 Å². The first-order chi connectivity index (χ1) is 37.3. The van der Waals surface area contributed by atoms with Crippen molar-refractivity contribution in [3.8, 4) is 23.0 Å². The van der Waals surface area contributed by atoms with Gasteiger partial charge in [0.15, 0.2) is 0 Å². The Balaban J connectivity index is 0.000000200. The monoisotopic (exact) mass is 1260 g/mol. The molecule has 10 rings (SSSR count). The molecule has 0 radical (unpaired) electrons. The second kappa shape index (κ2) is 27.9. The van der Waals surface area contributed by atoms with E-state index in [1.165, 1.54) is 38.9 Å². The number of ether oxygens (including phenoxy) is 10. The van der Waals surface area contributed by atoms with E-state index in [1.807, 2.05) is 26.8 Å². The van der Waals surface area contributed by atoms with Crippen LogP contribution in [0.25, 0.3) is 0 Å². The van der Waals surface area contributed by atoms with Crippen LogP contribution < -0.4 is 18.9 Å². The minimum atomic E-state index is -2.72. The van der Waals surface area contributed by atoms with Crippen LogP contribution in [0, 0.1) is 0 Å². The second-order valence-corrected chi connectivity index (χ2v) is 24.4. The van der Waals surface area contributed by atoms with Gasteiger partial charge in [-0.3, -0.25) is 0 Å². The van der Waals surface area contributed by atoms with Crippen LogP contribution in [0.5, 0.6) is 23.0 Å². The van der Waals surface area contributed by atoms with E-state index < -0.39 is 27.3 Å². The van der Waals surface area contributed by atoms with E-state index in [0.717, 1.165) is 106 Å². The third kappa shape index (κ3) is 18.0. The topological polar surface area (TPSA) is 174 Å². The van der Waals surface area contributed by atoms with Crippen molar-refractivity contribution in [1.82, 2.24) is 0 Å². The molecule has 77 heavy (non-hydrogen) atoms. The van der Waals surface area contributed by atoms with Gasteiger partial charge in [0.25, 0.3) is 0 Å². The van der Waals surface area contributed by atoms with Gasteiger partial charge in [0.1, 0.15) is 73.8 Å². The molecular formula is C60H80O15PtSi. The van der Waals surface area contributed by atoms with Gasteiger partial charge in [0.2, 0.25) is 0 Å². The summed E-state index contributed by atoms with van der Waals surface area (Å²) in [5.74, 6) is 3.70. The van der Waals surface area contributed by atoms with Gasteiger partial charge in [0, 0.05) is 49.5 Å². The first kappa shape index (κ1) is 59.1. The molecule has 6 heterocycles. The van der Waals surface area contributed by atoms with Crippen molar-refractivity contribution in [2.24, 2.45) is 0 Å². The summed E-state index contributed by atoms with van der Waals surface area (Å²) in [6.07, 6.45) is 7.64. The van der Waals surface area contributed by atoms with Gasteiger partial charge in [-0.1, -0.05) is 82.3 Å². The summed E-state index contributed by atoms with van der Waals surface area (Å²) in [6, 6.07) is 27.1. The van der Waals surface area contributed by atoms with Crippen LogP contribution in [0.4, 0.5) is 0 Å². The molecule has 0 saturated carbocycles. The zero-order chi connectivity index (χ0) is 54.4. The Labute approximate surface area is 465 Å². The average molecular weight is 1260 g/mol. The normalized spacial score (nSPS) is 21.6. The quantitative estimate of drug-likeness (QED) is 0.0257. The van der Waals surface area contributed by atoms with Crippen LogP contribution in [-0.2, 0) is 103 Å². The molecule has 17 heteroatoms. The van der Waals surface area contributed by atoms with Gasteiger partial charge in [0.05, 0.1) is 51.8 Å². The molecule has 424 valence electrons. The fraction of sp³-hybridized carbons (Fsp3) is 0.567. The molecule has 15 nitrogen and oxygen atoms in total. The Bertz CT molecular complexity index is 2560. The maximum atomic E-state index is 8.49. The summed E-state index contributed by atoms with van der Waals surface area (Å²) < 4.78 is 92.2. The van der Waals surface area contributed by atoms with Gasteiger partial charge < -0.3 is 60.6 Å². The molecular weight excluding hydrogens is 1180 g/mol. The summed E-state index contributed by atoms with van der Waals surface area (Å²) >= 11 is -1.92. The van der Waals surface area contributed by atoms with Crippen molar-refractivity contribution < 1.29 is 85.9 Å². The number of benzene rings is 4. The van der Waals surface area contributed by atoms with Gasteiger partial charge in [-0.05, 0) is 109 Å². The van der Waals surface area contributed by atoms with Crippen molar-refractivity contribution in [2.75, 3.05) is 85.9 Å². The zero-order valence-electron chi connectivity index (χ0n) is 46.1. The SMILES string of the molecule is C=CCc1cc(C(C)(C)c2ccc(OCC3CO3)c(CC3CO3)c2)ccc1OCC1CO1.CCO[Si](CCCc1cc(C(C)(C)c2ccc(OCC3CO3)c(CC3CO3)c2)ccc1OCC1CO1)(OCC)OCC.[O]=[Pt]=[O]. The Morgan fingerprint density at radius 3 is 1.12 bits per heavy atom. The Hall–Kier alpha value is -4.03. The van der Waals surface area contributed by atoms with Gasteiger partial charge in [-0.25, -0.2) is 0 Å². The molecule has 6 saturated heterocycles. The van der Waals surface area contributed by atoms with Gasteiger partial charge >= 0.3 is 34.1 Å². The van der Waals surface area contributed by atoms with Crippen LogP contribution in [-0.4, -0.2) is 131 Å². The summed E-state index contributed by atoms with van der Waals surface area (Å²) in [5, 5.41) is 0. The van der Waals surface area contributed by atoms with Gasteiger partial charge in [-0.2, -0.15) is 0 Å². The molecule has 0 aliphatic carbocycles. The van der Waals surface area contributed by atoms with E-state index in [-0.39, 0.29) is 41.3 Å². The van der Waals surface area contributed by atoms with Gasteiger partial charge in [-0.15, -0.1) is 6.58 Å². The first-order valence-electron chi connectivity index (χ1n) is 27.4. The first-order valence-corrected chi connectivity index (χ1v) is 31.2. The molecule has 0 aromatic heterocycles. The number of rotatable bonds is 32. The predicted octanol–water partition coefficient (Wildman–Crippen LogP) is 9.49. The number of hydrogen-bond acceptors (Lipinski definition) is 15. The van der Waals surface area contributed by atoms with Crippen molar-refractivity contribution in [3.63, 3.8) is 0 Å². The third-order valence-corrected chi connectivity index (χ3v) is 17.7. The van der Waals surface area contributed by atoms with E-state index in [4.69, 9.17) is 67.4 Å². The zero-order valence-corrected chi connectivity index (χ0v) is 49.3. The molecule has 6 aliphatic rings. The maximum absolute atomic E-state index is 8.49. The molecule has 0 bridgehead atoms. The Kier molecular flexibility index (Phi) is 21.4. The number of epoxide rings is 6. The molecule has 6 unspecified atom stereocenters. The molecule has 0 amide bonds. The van der Waals surface area contributed by atoms with Crippen LogP contribution in [0.15, 0.2) is 85.5 Å². The molecule has 4 aromatic rings. The van der Waals surface area contributed by atoms with Crippen molar-refractivity contribution in [2.45, 2.75) is 134 Å². The van der Waals surface area contributed by atoms with E-state index >= 15 is 0 Å². The summed E-state index contributed by atoms with van der Waals surface area (Å²) in [7, 11) is -2.72. The summed E-state index contributed by atoms with van der Waals surface area (Å²) in [6.45, 7) is 28.0. The Morgan fingerprint density at radius 1 is 0.506 bits per heavy atom. The molecule has 6 fully saturated rings. The van der Waals surface area contributed by atoms with E-state index in [2.05, 4.69) is 107 Å². The third-order valence-electron chi connectivity index (χ3n) is 14.5. The fourth-order valence-electron chi connectivity index (χ4n) is 9.35. The minimum absolute atomic E-state index is 0.175. The van der Waals surface area contributed by atoms with Crippen molar-refractivity contribution in [1.29, 1.82) is 0 Å². The number of aryl methyl sites for hydroxylation is 1. The molecule has 0 spiro atoms. The second-order valence-electron chi connectivity index (χ2n) is 21.3. The number of hydrogen-bond donors (Lipinski definition) is 0. The summed E-state index contributed by atoms with van der Waals surface area (Å²) in [4.78, 5) is 0. The predicted molar refractivity (Wildman–Crippen MR) is 287 cm³/mol. The standard InChI is InChI=1S/C33H48O8Si.C27H32O5.2O.Pt/c1-6-39-42(40-7-2,41-8-3)15-9-10-24-16-26(11-13-31(24)37-22-29-20-35-29)33(4,5)27-12-14-32(38-23-30-21-36-30)25(17-27)18-28-19-34-28;1-4-5-18-10-20(6-8-25(18)31-16-23-14-29-23)27(2,3)21-7-9-26(32-17-24-15-30-24)19(11-21)12-22-13-28-22;;;/h11-14,16-17,28-30H,6-10,15,18-23H2,1-5H3;4,6-11,22-24H,1,5,12-17H2,2-3H3;;;. The molecule has 4 aromatic carbocycles. The Morgan fingerprint density at radius 2 is 0.805 bits per heavy atom.